The average molecular weight is 407 g/mol. The number of nitrogens with two attached hydrogens (primary N) is 1. The Balaban J connectivity index is 2.45. The van der Waals surface area contributed by atoms with Crippen LogP contribution in [0.5, 0.6) is 5.75 Å². The number of thiocarbonyl (C=S) groups is 1. The molecule has 0 radical (unpaired) electrons. The number of rotatable bonds is 8. The van der Waals surface area contributed by atoms with Gasteiger partial charge in [0.05, 0.1) is 13.7 Å². The predicted molar refractivity (Wildman–Crippen MR) is 114 cm³/mol. The molecule has 0 aliphatic carbocycles. The Morgan fingerprint density at radius 1 is 1.36 bits per heavy atom. The van der Waals surface area contributed by atoms with Crippen molar-refractivity contribution in [2.45, 2.75) is 19.9 Å². The van der Waals surface area contributed by atoms with Gasteiger partial charge in [-0.15, -0.1) is 0 Å². The van der Waals surface area contributed by atoms with Crippen molar-refractivity contribution in [2.24, 2.45) is 0 Å². The Morgan fingerprint density at radius 2 is 2.11 bits per heavy atom. The summed E-state index contributed by atoms with van der Waals surface area (Å²) in [5.74, 6) is 0.714. The molecule has 1 aromatic heterocycles. The van der Waals surface area contributed by atoms with Crippen molar-refractivity contribution in [1.29, 1.82) is 0 Å². The van der Waals surface area contributed by atoms with Crippen LogP contribution < -0.4 is 31.9 Å². The third-order valence-electron chi connectivity index (χ3n) is 4.02. The normalized spacial score (nSPS) is 10.5. The minimum Gasteiger partial charge on any atom is -0.497 e. The molecule has 1 heterocycles. The first-order chi connectivity index (χ1) is 13.4. The Labute approximate surface area is 168 Å². The van der Waals surface area contributed by atoms with Crippen LogP contribution in [0.25, 0.3) is 0 Å². The van der Waals surface area contributed by atoms with E-state index < -0.39 is 11.2 Å². The highest BCUT2D eigenvalue weighted by Crippen LogP contribution is 2.21. The Morgan fingerprint density at radius 3 is 2.75 bits per heavy atom. The zero-order valence-corrected chi connectivity index (χ0v) is 17.0. The number of aromatic amines is 1. The molecule has 0 bridgehead atoms. The molecule has 0 spiro atoms. The first-order valence-electron chi connectivity index (χ1n) is 8.77. The van der Waals surface area contributed by atoms with Crippen molar-refractivity contribution in [3.63, 3.8) is 0 Å². The number of nitrogen functional groups attached to an aromatic ring is 1. The molecule has 28 heavy (non-hydrogen) atoms. The number of nitrogens with one attached hydrogen (secondary N) is 2. The molecule has 0 atom stereocenters. The van der Waals surface area contributed by atoms with Gasteiger partial charge in [-0.05, 0) is 30.8 Å². The van der Waals surface area contributed by atoms with Gasteiger partial charge in [-0.2, -0.15) is 0 Å². The van der Waals surface area contributed by atoms with Crippen molar-refractivity contribution in [2.75, 3.05) is 43.3 Å². The van der Waals surface area contributed by atoms with Crippen LogP contribution in [-0.4, -0.2) is 42.0 Å². The highest BCUT2D eigenvalue weighted by molar-refractivity contribution is 7.80. The van der Waals surface area contributed by atoms with Gasteiger partial charge in [0.25, 0.3) is 5.56 Å². The second kappa shape index (κ2) is 9.90. The molecule has 0 fully saturated rings. The number of ether oxygens (including phenoxy) is 2. The van der Waals surface area contributed by atoms with Crippen molar-refractivity contribution < 1.29 is 9.47 Å². The fourth-order valence-electron chi connectivity index (χ4n) is 2.67. The SMILES string of the molecule is CCCn1c(N)c(N(CCOC)C(=S)Nc2cccc(OC)c2)c(=O)[nH]c1=O. The largest absolute Gasteiger partial charge is 0.497 e. The molecule has 0 saturated carbocycles. The molecule has 9 nitrogen and oxygen atoms in total. The number of methoxy groups -OCH3 is 2. The molecule has 0 amide bonds. The summed E-state index contributed by atoms with van der Waals surface area (Å²) in [7, 11) is 3.11. The molecule has 1 aromatic carbocycles. The smallest absolute Gasteiger partial charge is 0.330 e. The number of hydrogen-bond acceptors (Lipinski definition) is 6. The Hall–Kier alpha value is -2.85. The lowest BCUT2D eigenvalue weighted by atomic mass is 10.3. The van der Waals surface area contributed by atoms with Crippen LogP contribution in [0, 0.1) is 0 Å². The standard InChI is InChI=1S/C18H25N5O4S/c1-4-8-23-15(19)14(16(24)21-17(23)25)22(9-10-26-2)18(28)20-12-6-5-7-13(11-12)27-3/h5-7,11H,4,8-10,19H2,1-3H3,(H,20,28)(H,21,24,25). The lowest BCUT2D eigenvalue weighted by Crippen LogP contribution is -2.44. The fraction of sp³-hybridized carbons (Fsp3) is 0.389. The van der Waals surface area contributed by atoms with Gasteiger partial charge in [-0.1, -0.05) is 13.0 Å². The summed E-state index contributed by atoms with van der Waals surface area (Å²) in [5, 5.41) is 3.31. The molecule has 10 heteroatoms. The number of aromatic nitrogens is 2. The van der Waals surface area contributed by atoms with E-state index in [1.807, 2.05) is 19.1 Å². The number of benzene rings is 1. The maximum Gasteiger partial charge on any atom is 0.330 e. The van der Waals surface area contributed by atoms with Gasteiger partial charge in [0.2, 0.25) is 0 Å². The second-order valence-electron chi connectivity index (χ2n) is 5.95. The van der Waals surface area contributed by atoms with Gasteiger partial charge < -0.3 is 25.4 Å². The van der Waals surface area contributed by atoms with Crippen LogP contribution in [0.3, 0.4) is 0 Å². The summed E-state index contributed by atoms with van der Waals surface area (Å²) >= 11 is 5.52. The average Bonchev–Trinajstić information content (AvgIpc) is 2.67. The minimum absolute atomic E-state index is 0.0569. The monoisotopic (exact) mass is 407 g/mol. The van der Waals surface area contributed by atoms with Crippen molar-refractivity contribution in [3.8, 4) is 5.75 Å². The number of anilines is 3. The van der Waals surface area contributed by atoms with E-state index in [1.54, 1.807) is 26.4 Å². The number of H-pyrrole nitrogens is 1. The first kappa shape index (κ1) is 21.5. The van der Waals surface area contributed by atoms with Crippen LogP contribution in [0.1, 0.15) is 13.3 Å². The molecule has 0 aliphatic rings. The Bertz CT molecular complexity index is 940. The van der Waals surface area contributed by atoms with Gasteiger partial charge in [0.1, 0.15) is 11.6 Å². The lowest BCUT2D eigenvalue weighted by Gasteiger charge is -2.27. The fourth-order valence-corrected chi connectivity index (χ4v) is 2.97. The van der Waals surface area contributed by atoms with Gasteiger partial charge >= 0.3 is 5.69 Å². The molecule has 0 saturated heterocycles. The summed E-state index contributed by atoms with van der Waals surface area (Å²) < 4.78 is 11.7. The predicted octanol–water partition coefficient (Wildman–Crippen LogP) is 1.39. The highest BCUT2D eigenvalue weighted by atomic mass is 32.1. The minimum atomic E-state index is -0.610. The van der Waals surface area contributed by atoms with E-state index >= 15 is 0 Å². The van der Waals surface area contributed by atoms with Crippen LogP contribution >= 0.6 is 12.2 Å². The van der Waals surface area contributed by atoms with Gasteiger partial charge in [0, 0.05) is 32.0 Å². The van der Waals surface area contributed by atoms with Crippen molar-refractivity contribution in [1.82, 2.24) is 9.55 Å². The van der Waals surface area contributed by atoms with Gasteiger partial charge in [-0.3, -0.25) is 14.3 Å². The van der Waals surface area contributed by atoms with E-state index in [-0.39, 0.29) is 23.2 Å². The molecule has 2 rings (SSSR count). The third kappa shape index (κ3) is 4.90. The van der Waals surface area contributed by atoms with Crippen molar-refractivity contribution in [3.05, 3.63) is 45.1 Å². The van der Waals surface area contributed by atoms with E-state index in [0.29, 0.717) is 31.0 Å². The molecule has 2 aromatic rings. The molecular formula is C18H25N5O4S. The van der Waals surface area contributed by atoms with E-state index in [0.717, 1.165) is 0 Å². The lowest BCUT2D eigenvalue weighted by molar-refractivity contribution is 0.208. The summed E-state index contributed by atoms with van der Waals surface area (Å²) in [6.45, 7) is 2.85. The highest BCUT2D eigenvalue weighted by Gasteiger charge is 2.22. The molecule has 152 valence electrons. The van der Waals surface area contributed by atoms with E-state index in [9.17, 15) is 9.59 Å². The molecule has 0 unspecified atom stereocenters. The number of nitrogens with zero attached hydrogens (tertiary/aromatic N) is 2. The van der Waals surface area contributed by atoms with E-state index in [1.165, 1.54) is 9.47 Å². The molecular weight excluding hydrogens is 382 g/mol. The summed E-state index contributed by atoms with van der Waals surface area (Å²) in [6.07, 6.45) is 0.681. The third-order valence-corrected chi connectivity index (χ3v) is 4.34. The zero-order chi connectivity index (χ0) is 20.7. The topological polar surface area (TPSA) is 115 Å². The van der Waals surface area contributed by atoms with Gasteiger partial charge in [0.15, 0.2) is 10.8 Å². The summed E-state index contributed by atoms with van der Waals surface area (Å²) in [4.78, 5) is 28.5. The summed E-state index contributed by atoms with van der Waals surface area (Å²) in [6, 6.07) is 7.20. The Kier molecular flexibility index (Phi) is 7.59. The van der Waals surface area contributed by atoms with E-state index in [4.69, 9.17) is 27.4 Å². The quantitative estimate of drug-likeness (QED) is 0.563. The second-order valence-corrected chi connectivity index (χ2v) is 6.34. The molecule has 4 N–H and O–H groups in total. The van der Waals surface area contributed by atoms with Gasteiger partial charge in [-0.25, -0.2) is 4.79 Å². The maximum atomic E-state index is 12.5. The zero-order valence-electron chi connectivity index (χ0n) is 16.2. The van der Waals surface area contributed by atoms with Crippen LogP contribution in [0.4, 0.5) is 17.2 Å². The van der Waals surface area contributed by atoms with Crippen LogP contribution in [0.2, 0.25) is 0 Å². The maximum absolute atomic E-state index is 12.5. The summed E-state index contributed by atoms with van der Waals surface area (Å²) in [5.41, 5.74) is 5.80. The number of hydrogen-bond donors (Lipinski definition) is 3. The van der Waals surface area contributed by atoms with Crippen LogP contribution in [0.15, 0.2) is 33.9 Å². The van der Waals surface area contributed by atoms with E-state index in [2.05, 4.69) is 10.3 Å². The first-order valence-corrected chi connectivity index (χ1v) is 9.17. The van der Waals surface area contributed by atoms with Crippen LogP contribution in [-0.2, 0) is 11.3 Å². The molecule has 0 aliphatic heterocycles. The van der Waals surface area contributed by atoms with Crippen molar-refractivity contribution >= 4 is 34.5 Å².